The zero-order chi connectivity index (χ0) is 12.3. The van der Waals surface area contributed by atoms with Gasteiger partial charge in [0.2, 0.25) is 0 Å². The van der Waals surface area contributed by atoms with Crippen LogP contribution in [0.15, 0.2) is 24.3 Å². The number of carbonyl (C=O) groups is 1. The number of aryl methyl sites for hydroxylation is 1. The SMILES string of the molecule is Cc1sc(COc2ccc(Cl)cc2)nc1C=O. The van der Waals surface area contributed by atoms with Gasteiger partial charge in [0.05, 0.1) is 0 Å². The minimum Gasteiger partial charge on any atom is -0.486 e. The summed E-state index contributed by atoms with van der Waals surface area (Å²) in [4.78, 5) is 15.7. The van der Waals surface area contributed by atoms with Crippen molar-refractivity contribution >= 4 is 29.2 Å². The van der Waals surface area contributed by atoms with Crippen molar-refractivity contribution in [3.05, 3.63) is 44.9 Å². The van der Waals surface area contributed by atoms with Gasteiger partial charge >= 0.3 is 0 Å². The van der Waals surface area contributed by atoms with Crippen molar-refractivity contribution in [2.45, 2.75) is 13.5 Å². The van der Waals surface area contributed by atoms with Crippen LogP contribution in [0.25, 0.3) is 0 Å². The molecule has 1 aromatic heterocycles. The summed E-state index contributed by atoms with van der Waals surface area (Å²) in [5.74, 6) is 0.731. The smallest absolute Gasteiger partial charge is 0.169 e. The Balaban J connectivity index is 2.02. The van der Waals surface area contributed by atoms with E-state index in [4.69, 9.17) is 16.3 Å². The first-order valence-electron chi connectivity index (χ1n) is 4.99. The van der Waals surface area contributed by atoms with Gasteiger partial charge in [0, 0.05) is 9.90 Å². The lowest BCUT2D eigenvalue weighted by Crippen LogP contribution is -1.95. The fourth-order valence-corrected chi connectivity index (χ4v) is 2.25. The quantitative estimate of drug-likeness (QED) is 0.796. The number of hydrogen-bond donors (Lipinski definition) is 0. The van der Waals surface area contributed by atoms with Crippen molar-refractivity contribution in [1.29, 1.82) is 0 Å². The van der Waals surface area contributed by atoms with Crippen molar-refractivity contribution in [3.63, 3.8) is 0 Å². The molecule has 0 aliphatic rings. The summed E-state index contributed by atoms with van der Waals surface area (Å²) in [5.41, 5.74) is 0.490. The maximum absolute atomic E-state index is 10.6. The zero-order valence-corrected chi connectivity index (χ0v) is 10.7. The van der Waals surface area contributed by atoms with E-state index >= 15 is 0 Å². The maximum atomic E-state index is 10.6. The molecule has 0 amide bonds. The van der Waals surface area contributed by atoms with Gasteiger partial charge in [-0.15, -0.1) is 11.3 Å². The van der Waals surface area contributed by atoms with Crippen LogP contribution >= 0.6 is 22.9 Å². The van der Waals surface area contributed by atoms with Crippen LogP contribution in [0.4, 0.5) is 0 Å². The Bertz CT molecular complexity index is 522. The first-order valence-corrected chi connectivity index (χ1v) is 6.18. The second-order valence-corrected chi connectivity index (χ2v) is 5.13. The molecule has 2 rings (SSSR count). The third kappa shape index (κ3) is 3.05. The fraction of sp³-hybridized carbons (Fsp3) is 0.167. The maximum Gasteiger partial charge on any atom is 0.169 e. The van der Waals surface area contributed by atoms with Crippen LogP contribution in [0.5, 0.6) is 5.75 Å². The second kappa shape index (κ2) is 5.29. The molecule has 0 radical (unpaired) electrons. The Morgan fingerprint density at radius 3 is 2.71 bits per heavy atom. The standard InChI is InChI=1S/C12H10ClNO2S/c1-8-11(6-15)14-12(17-8)7-16-10-4-2-9(13)3-5-10/h2-6H,7H2,1H3. The summed E-state index contributed by atoms with van der Waals surface area (Å²) >= 11 is 7.23. The third-order valence-electron chi connectivity index (χ3n) is 2.16. The highest BCUT2D eigenvalue weighted by atomic mass is 35.5. The number of thiazole rings is 1. The van der Waals surface area contributed by atoms with Crippen LogP contribution in [0, 0.1) is 6.92 Å². The van der Waals surface area contributed by atoms with Crippen molar-refractivity contribution in [2.75, 3.05) is 0 Å². The van der Waals surface area contributed by atoms with E-state index in [2.05, 4.69) is 4.98 Å². The summed E-state index contributed by atoms with van der Waals surface area (Å²) in [7, 11) is 0. The van der Waals surface area contributed by atoms with Crippen LogP contribution in [0.1, 0.15) is 20.4 Å². The minimum absolute atomic E-state index is 0.362. The molecule has 88 valence electrons. The van der Waals surface area contributed by atoms with E-state index in [0.29, 0.717) is 17.3 Å². The molecule has 0 fully saturated rings. The summed E-state index contributed by atoms with van der Waals surface area (Å²) in [6, 6.07) is 7.12. The molecule has 3 nitrogen and oxygen atoms in total. The predicted molar refractivity (Wildman–Crippen MR) is 68.0 cm³/mol. The Morgan fingerprint density at radius 1 is 1.41 bits per heavy atom. The highest BCUT2D eigenvalue weighted by Gasteiger charge is 2.06. The van der Waals surface area contributed by atoms with Gasteiger partial charge in [-0.05, 0) is 31.2 Å². The molecule has 0 saturated carbocycles. The van der Waals surface area contributed by atoms with Crippen molar-refractivity contribution < 1.29 is 9.53 Å². The minimum atomic E-state index is 0.362. The number of ether oxygens (including phenoxy) is 1. The van der Waals surface area contributed by atoms with E-state index in [1.807, 2.05) is 6.92 Å². The van der Waals surface area contributed by atoms with Gasteiger partial charge in [-0.2, -0.15) is 0 Å². The predicted octanol–water partition coefficient (Wildman–Crippen LogP) is 3.50. The Morgan fingerprint density at radius 2 is 2.12 bits per heavy atom. The average molecular weight is 268 g/mol. The van der Waals surface area contributed by atoms with E-state index in [0.717, 1.165) is 21.9 Å². The molecule has 0 unspecified atom stereocenters. The number of nitrogens with zero attached hydrogens (tertiary/aromatic N) is 1. The van der Waals surface area contributed by atoms with Gasteiger partial charge < -0.3 is 4.74 Å². The third-order valence-corrected chi connectivity index (χ3v) is 3.38. The van der Waals surface area contributed by atoms with Crippen LogP contribution in [-0.4, -0.2) is 11.3 Å². The van der Waals surface area contributed by atoms with Crippen LogP contribution in [-0.2, 0) is 6.61 Å². The molecule has 0 aliphatic carbocycles. The van der Waals surface area contributed by atoms with Gasteiger partial charge in [0.15, 0.2) is 6.29 Å². The molecule has 1 aromatic carbocycles. The normalized spacial score (nSPS) is 10.2. The van der Waals surface area contributed by atoms with Gasteiger partial charge in [-0.3, -0.25) is 4.79 Å². The number of carbonyl (C=O) groups excluding carboxylic acids is 1. The zero-order valence-electron chi connectivity index (χ0n) is 9.14. The van der Waals surface area contributed by atoms with Crippen molar-refractivity contribution in [1.82, 2.24) is 4.98 Å². The highest BCUT2D eigenvalue weighted by Crippen LogP contribution is 2.20. The van der Waals surface area contributed by atoms with Gasteiger partial charge in [0.25, 0.3) is 0 Å². The van der Waals surface area contributed by atoms with E-state index in [1.165, 1.54) is 11.3 Å². The second-order valence-electron chi connectivity index (χ2n) is 3.41. The lowest BCUT2D eigenvalue weighted by atomic mass is 10.3. The molecule has 0 spiro atoms. The highest BCUT2D eigenvalue weighted by molar-refractivity contribution is 7.11. The molecule has 0 N–H and O–H groups in total. The first-order chi connectivity index (χ1) is 8.19. The first kappa shape index (κ1) is 12.1. The molecule has 0 saturated heterocycles. The lowest BCUT2D eigenvalue weighted by Gasteiger charge is -2.03. The lowest BCUT2D eigenvalue weighted by molar-refractivity contribution is 0.111. The summed E-state index contributed by atoms with van der Waals surface area (Å²) in [5, 5.41) is 1.46. The van der Waals surface area contributed by atoms with Crippen LogP contribution < -0.4 is 4.74 Å². The summed E-state index contributed by atoms with van der Waals surface area (Å²) in [6.45, 7) is 2.23. The molecule has 1 heterocycles. The van der Waals surface area contributed by atoms with E-state index in [9.17, 15) is 4.79 Å². The number of rotatable bonds is 4. The number of aromatic nitrogens is 1. The Labute approximate surface area is 108 Å². The molecule has 17 heavy (non-hydrogen) atoms. The summed E-state index contributed by atoms with van der Waals surface area (Å²) < 4.78 is 5.53. The summed E-state index contributed by atoms with van der Waals surface area (Å²) in [6.07, 6.45) is 0.762. The Hall–Kier alpha value is -1.39. The molecule has 2 aromatic rings. The molecule has 0 bridgehead atoms. The van der Waals surface area contributed by atoms with Gasteiger partial charge in [-0.25, -0.2) is 4.98 Å². The van der Waals surface area contributed by atoms with Crippen LogP contribution in [0.2, 0.25) is 5.02 Å². The number of aldehydes is 1. The average Bonchev–Trinajstić information content (AvgIpc) is 2.69. The largest absolute Gasteiger partial charge is 0.486 e. The number of benzene rings is 1. The van der Waals surface area contributed by atoms with Gasteiger partial charge in [-0.1, -0.05) is 11.6 Å². The molecule has 0 aliphatic heterocycles. The van der Waals surface area contributed by atoms with Crippen molar-refractivity contribution in [2.24, 2.45) is 0 Å². The Kier molecular flexibility index (Phi) is 3.76. The van der Waals surface area contributed by atoms with E-state index < -0.39 is 0 Å². The van der Waals surface area contributed by atoms with E-state index in [1.54, 1.807) is 24.3 Å². The van der Waals surface area contributed by atoms with E-state index in [-0.39, 0.29) is 0 Å². The molecular formula is C12H10ClNO2S. The topological polar surface area (TPSA) is 39.2 Å². The number of hydrogen-bond acceptors (Lipinski definition) is 4. The number of halogens is 1. The molecule has 5 heteroatoms. The van der Waals surface area contributed by atoms with Crippen molar-refractivity contribution in [3.8, 4) is 5.75 Å². The van der Waals surface area contributed by atoms with Crippen LogP contribution in [0.3, 0.4) is 0 Å². The molecule has 0 atom stereocenters. The fourth-order valence-electron chi connectivity index (χ4n) is 1.31. The monoisotopic (exact) mass is 267 g/mol. The molecular weight excluding hydrogens is 258 g/mol. The van der Waals surface area contributed by atoms with Gasteiger partial charge in [0.1, 0.15) is 23.1 Å².